The van der Waals surface area contributed by atoms with Crippen molar-refractivity contribution in [2.45, 2.75) is 26.7 Å². The predicted octanol–water partition coefficient (Wildman–Crippen LogP) is 1.60. The Bertz CT molecular complexity index is 454. The Morgan fingerprint density at radius 2 is 2.05 bits per heavy atom. The number of aromatic nitrogens is 2. The highest BCUT2D eigenvalue weighted by Crippen LogP contribution is 2.21. The summed E-state index contributed by atoms with van der Waals surface area (Å²) < 4.78 is 11.4. The Morgan fingerprint density at radius 3 is 2.63 bits per heavy atom. The summed E-state index contributed by atoms with van der Waals surface area (Å²) >= 11 is 0. The van der Waals surface area contributed by atoms with Gasteiger partial charge in [0.15, 0.2) is 0 Å². The molecule has 1 aliphatic heterocycles. The van der Waals surface area contributed by atoms with Crippen LogP contribution < -0.4 is 10.2 Å². The highest BCUT2D eigenvalue weighted by atomic mass is 32.2. The maximum Gasteiger partial charge on any atom is 0.135 e. The van der Waals surface area contributed by atoms with E-state index in [0.29, 0.717) is 5.92 Å². The molecule has 5 nitrogen and oxygen atoms in total. The smallest absolute Gasteiger partial charge is 0.135 e. The van der Waals surface area contributed by atoms with Crippen LogP contribution in [0, 0.1) is 0 Å². The van der Waals surface area contributed by atoms with Gasteiger partial charge in [-0.3, -0.25) is 4.21 Å². The normalized spacial score (nSPS) is 16.9. The fourth-order valence-corrected chi connectivity index (χ4v) is 3.06. The number of nitrogens with zero attached hydrogens (tertiary/aromatic N) is 3. The summed E-state index contributed by atoms with van der Waals surface area (Å²) in [4.78, 5) is 11.4. The van der Waals surface area contributed by atoms with Crippen LogP contribution in [0.25, 0.3) is 0 Å². The zero-order valence-corrected chi connectivity index (χ0v) is 12.7. The molecule has 0 spiro atoms. The zero-order valence-electron chi connectivity index (χ0n) is 11.8. The van der Waals surface area contributed by atoms with Gasteiger partial charge < -0.3 is 10.2 Å². The first-order valence-corrected chi connectivity index (χ1v) is 8.31. The van der Waals surface area contributed by atoms with Gasteiger partial charge in [0, 0.05) is 53.9 Å². The van der Waals surface area contributed by atoms with Crippen LogP contribution in [0.2, 0.25) is 0 Å². The van der Waals surface area contributed by atoms with E-state index in [9.17, 15) is 4.21 Å². The summed E-state index contributed by atoms with van der Waals surface area (Å²) in [7, 11) is -0.658. The summed E-state index contributed by atoms with van der Waals surface area (Å²) in [5.41, 5.74) is 0. The molecule has 0 radical (unpaired) electrons. The standard InChI is InChI=1S/C13H22N4OS/c1-4-14-11-9-12(16-13(15-11)10(2)3)17-5-7-19(18)8-6-17/h9-10H,4-8H2,1-3H3,(H,14,15,16). The number of hydrogen-bond donors (Lipinski definition) is 1. The van der Waals surface area contributed by atoms with E-state index in [-0.39, 0.29) is 0 Å². The van der Waals surface area contributed by atoms with Gasteiger partial charge in [-0.15, -0.1) is 0 Å². The van der Waals surface area contributed by atoms with E-state index >= 15 is 0 Å². The molecule has 1 aliphatic rings. The summed E-state index contributed by atoms with van der Waals surface area (Å²) in [5.74, 6) is 4.46. The minimum absolute atomic E-state index is 0.302. The van der Waals surface area contributed by atoms with Crippen molar-refractivity contribution < 1.29 is 4.21 Å². The van der Waals surface area contributed by atoms with Crippen LogP contribution in [-0.4, -0.2) is 45.3 Å². The number of nitrogens with one attached hydrogen (secondary N) is 1. The van der Waals surface area contributed by atoms with Crippen LogP contribution >= 0.6 is 0 Å². The van der Waals surface area contributed by atoms with Gasteiger partial charge in [0.05, 0.1) is 0 Å². The number of hydrogen-bond acceptors (Lipinski definition) is 5. The van der Waals surface area contributed by atoms with Gasteiger partial charge in [-0.25, -0.2) is 9.97 Å². The van der Waals surface area contributed by atoms with E-state index in [4.69, 9.17) is 0 Å². The summed E-state index contributed by atoms with van der Waals surface area (Å²) in [5, 5.41) is 3.25. The molecule has 0 atom stereocenters. The molecule has 1 saturated heterocycles. The molecule has 106 valence electrons. The van der Waals surface area contributed by atoms with Crippen molar-refractivity contribution in [2.24, 2.45) is 0 Å². The molecule has 6 heteroatoms. The lowest BCUT2D eigenvalue weighted by Gasteiger charge is -2.28. The van der Waals surface area contributed by atoms with Crippen LogP contribution in [-0.2, 0) is 10.8 Å². The topological polar surface area (TPSA) is 58.1 Å². The van der Waals surface area contributed by atoms with E-state index in [1.165, 1.54) is 0 Å². The van der Waals surface area contributed by atoms with Crippen LogP contribution in [0.4, 0.5) is 11.6 Å². The Labute approximate surface area is 117 Å². The second-order valence-electron chi connectivity index (χ2n) is 4.99. The molecule has 0 saturated carbocycles. The highest BCUT2D eigenvalue weighted by molar-refractivity contribution is 7.85. The number of rotatable bonds is 4. The van der Waals surface area contributed by atoms with Crippen molar-refractivity contribution in [1.29, 1.82) is 0 Å². The molecule has 0 unspecified atom stereocenters. The van der Waals surface area contributed by atoms with Crippen molar-refractivity contribution >= 4 is 22.4 Å². The van der Waals surface area contributed by atoms with Crippen molar-refractivity contribution in [3.63, 3.8) is 0 Å². The van der Waals surface area contributed by atoms with Gasteiger partial charge in [-0.05, 0) is 6.92 Å². The van der Waals surface area contributed by atoms with Crippen molar-refractivity contribution in [3.8, 4) is 0 Å². The van der Waals surface area contributed by atoms with Crippen molar-refractivity contribution in [3.05, 3.63) is 11.9 Å². The lowest BCUT2D eigenvalue weighted by atomic mass is 10.2. The fraction of sp³-hybridized carbons (Fsp3) is 0.692. The van der Waals surface area contributed by atoms with Gasteiger partial charge in [-0.2, -0.15) is 0 Å². The average molecular weight is 282 g/mol. The molecule has 0 bridgehead atoms. The lowest BCUT2D eigenvalue weighted by molar-refractivity contribution is 0.671. The van der Waals surface area contributed by atoms with Gasteiger partial charge in [0.1, 0.15) is 17.5 Å². The zero-order chi connectivity index (χ0) is 13.8. The van der Waals surface area contributed by atoms with Crippen LogP contribution in [0.3, 0.4) is 0 Å². The molecule has 19 heavy (non-hydrogen) atoms. The van der Waals surface area contributed by atoms with E-state index < -0.39 is 10.8 Å². The maximum absolute atomic E-state index is 11.4. The summed E-state index contributed by atoms with van der Waals surface area (Å²) in [6.45, 7) is 8.72. The Balaban J connectivity index is 2.25. The molecule has 0 aromatic carbocycles. The van der Waals surface area contributed by atoms with Crippen LogP contribution in [0.15, 0.2) is 6.07 Å². The third-order valence-electron chi connectivity index (χ3n) is 3.11. The van der Waals surface area contributed by atoms with Crippen LogP contribution in [0.1, 0.15) is 32.5 Å². The minimum atomic E-state index is -0.658. The first kappa shape index (κ1) is 14.2. The molecule has 0 amide bonds. The Kier molecular flexibility index (Phi) is 4.74. The second-order valence-corrected chi connectivity index (χ2v) is 6.69. The van der Waals surface area contributed by atoms with Crippen molar-refractivity contribution in [1.82, 2.24) is 9.97 Å². The van der Waals surface area contributed by atoms with E-state index in [2.05, 4.69) is 41.0 Å². The minimum Gasteiger partial charge on any atom is -0.370 e. The molecule has 1 aromatic heterocycles. The largest absolute Gasteiger partial charge is 0.370 e. The second kappa shape index (κ2) is 6.32. The predicted molar refractivity (Wildman–Crippen MR) is 80.4 cm³/mol. The molecule has 2 heterocycles. The highest BCUT2D eigenvalue weighted by Gasteiger charge is 2.18. The molecule has 0 aliphatic carbocycles. The quantitative estimate of drug-likeness (QED) is 0.909. The fourth-order valence-electron chi connectivity index (χ4n) is 2.01. The SMILES string of the molecule is CCNc1cc(N2CCS(=O)CC2)nc(C(C)C)n1. The molecule has 2 rings (SSSR count). The molecular weight excluding hydrogens is 260 g/mol. The molecule has 1 fully saturated rings. The molecule has 1 aromatic rings. The lowest BCUT2D eigenvalue weighted by Crippen LogP contribution is -2.38. The third-order valence-corrected chi connectivity index (χ3v) is 4.38. The van der Waals surface area contributed by atoms with Crippen molar-refractivity contribution in [2.75, 3.05) is 41.4 Å². The van der Waals surface area contributed by atoms with E-state index in [1.54, 1.807) is 0 Å². The Hall–Kier alpha value is -1.17. The summed E-state index contributed by atoms with van der Waals surface area (Å²) in [6.07, 6.45) is 0. The molecular formula is C13H22N4OS. The van der Waals surface area contributed by atoms with Gasteiger partial charge in [0.25, 0.3) is 0 Å². The van der Waals surface area contributed by atoms with Gasteiger partial charge in [0.2, 0.25) is 0 Å². The van der Waals surface area contributed by atoms with Gasteiger partial charge in [-0.1, -0.05) is 13.8 Å². The Morgan fingerprint density at radius 1 is 1.37 bits per heavy atom. The van der Waals surface area contributed by atoms with Gasteiger partial charge >= 0.3 is 0 Å². The van der Waals surface area contributed by atoms with E-state index in [0.717, 1.165) is 48.6 Å². The molecule has 1 N–H and O–H groups in total. The van der Waals surface area contributed by atoms with Crippen LogP contribution in [0.5, 0.6) is 0 Å². The third kappa shape index (κ3) is 3.65. The van der Waals surface area contributed by atoms with E-state index in [1.807, 2.05) is 6.07 Å². The number of anilines is 2. The maximum atomic E-state index is 11.4. The average Bonchev–Trinajstić information content (AvgIpc) is 2.39. The monoisotopic (exact) mass is 282 g/mol. The first-order valence-electron chi connectivity index (χ1n) is 6.83. The first-order chi connectivity index (χ1) is 9.10. The summed E-state index contributed by atoms with van der Waals surface area (Å²) in [6, 6.07) is 1.99.